The van der Waals surface area contributed by atoms with Crippen molar-refractivity contribution in [1.29, 1.82) is 0 Å². The molecule has 0 saturated carbocycles. The van der Waals surface area contributed by atoms with Crippen molar-refractivity contribution in [2.75, 3.05) is 14.2 Å². The van der Waals surface area contributed by atoms with Gasteiger partial charge in [0.1, 0.15) is 11.5 Å². The van der Waals surface area contributed by atoms with Crippen LogP contribution < -0.4 is 9.47 Å². The van der Waals surface area contributed by atoms with Crippen LogP contribution in [0.2, 0.25) is 0 Å². The molecular weight excluding hydrogens is 344 g/mol. The van der Waals surface area contributed by atoms with Gasteiger partial charge in [0.05, 0.1) is 14.2 Å². The maximum absolute atomic E-state index is 5.24. The Hall–Kier alpha value is -2.74. The summed E-state index contributed by atoms with van der Waals surface area (Å²) in [6, 6.07) is 16.3. The van der Waals surface area contributed by atoms with Crippen LogP contribution in [0.1, 0.15) is 44.7 Å². The van der Waals surface area contributed by atoms with E-state index in [4.69, 9.17) is 9.47 Å². The molecule has 0 atom stereocenters. The van der Waals surface area contributed by atoms with E-state index in [9.17, 15) is 0 Å². The van der Waals surface area contributed by atoms with Crippen LogP contribution in [0, 0.1) is 5.41 Å². The lowest BCUT2D eigenvalue weighted by atomic mass is 9.83. The second kappa shape index (κ2) is 10.6. The minimum absolute atomic E-state index is 0.0359. The maximum Gasteiger partial charge on any atom is 0.118 e. The van der Waals surface area contributed by atoms with E-state index in [1.807, 2.05) is 24.3 Å². The van der Waals surface area contributed by atoms with Gasteiger partial charge in [0.25, 0.3) is 0 Å². The summed E-state index contributed by atoms with van der Waals surface area (Å²) in [5.74, 6) is 1.76. The number of hydrogen-bond acceptors (Lipinski definition) is 2. The summed E-state index contributed by atoms with van der Waals surface area (Å²) in [5.41, 5.74) is 3.67. The lowest BCUT2D eigenvalue weighted by Crippen LogP contribution is -2.09. The van der Waals surface area contributed by atoms with E-state index in [-0.39, 0.29) is 5.41 Å². The molecule has 2 aromatic carbocycles. The Kier molecular flexibility index (Phi) is 8.13. The molecule has 0 fully saturated rings. The number of methoxy groups -OCH3 is 2. The van der Waals surface area contributed by atoms with E-state index in [1.165, 1.54) is 16.7 Å². The number of rotatable bonds is 9. The summed E-state index contributed by atoms with van der Waals surface area (Å²) in [6.45, 7) is 6.58. The average Bonchev–Trinajstić information content (AvgIpc) is 2.71. The molecule has 0 heterocycles. The third-order valence-corrected chi connectivity index (χ3v) is 4.78. The molecule has 0 aliphatic carbocycles. The lowest BCUT2D eigenvalue weighted by molar-refractivity contribution is 0.414. The van der Waals surface area contributed by atoms with Crippen molar-refractivity contribution in [1.82, 2.24) is 0 Å². The summed E-state index contributed by atoms with van der Waals surface area (Å²) in [4.78, 5) is 0. The van der Waals surface area contributed by atoms with E-state index in [1.54, 1.807) is 14.2 Å². The van der Waals surface area contributed by atoms with E-state index in [0.29, 0.717) is 0 Å². The molecule has 0 aromatic heterocycles. The van der Waals surface area contributed by atoms with Gasteiger partial charge in [-0.25, -0.2) is 0 Å². The predicted octanol–water partition coefficient (Wildman–Crippen LogP) is 7.18. The molecule has 0 spiro atoms. The molecular formula is C26H32O2. The molecule has 28 heavy (non-hydrogen) atoms. The van der Waals surface area contributed by atoms with Crippen LogP contribution in [-0.2, 0) is 0 Å². The Balaban J connectivity index is 2.20. The van der Waals surface area contributed by atoms with Crippen LogP contribution in [0.5, 0.6) is 11.5 Å². The minimum Gasteiger partial charge on any atom is -0.497 e. The highest BCUT2D eigenvalue weighted by atomic mass is 16.5. The zero-order chi connectivity index (χ0) is 20.4. The average molecular weight is 377 g/mol. The van der Waals surface area contributed by atoms with Gasteiger partial charge in [-0.15, -0.1) is 0 Å². The Bertz CT molecular complexity index is 747. The van der Waals surface area contributed by atoms with Crippen molar-refractivity contribution < 1.29 is 9.47 Å². The third kappa shape index (κ3) is 7.11. The highest BCUT2D eigenvalue weighted by Crippen LogP contribution is 2.30. The molecule has 2 heteroatoms. The number of hydrogen-bond donors (Lipinski definition) is 0. The van der Waals surface area contributed by atoms with E-state index >= 15 is 0 Å². The topological polar surface area (TPSA) is 18.5 Å². The third-order valence-electron chi connectivity index (χ3n) is 4.78. The quantitative estimate of drug-likeness (QED) is 0.431. The van der Waals surface area contributed by atoms with Crippen molar-refractivity contribution in [2.24, 2.45) is 5.41 Å². The summed E-state index contributed by atoms with van der Waals surface area (Å²) >= 11 is 0. The van der Waals surface area contributed by atoms with Crippen LogP contribution in [0.15, 0.2) is 72.3 Å². The zero-order valence-corrected chi connectivity index (χ0v) is 17.7. The normalized spacial score (nSPS) is 11.8. The van der Waals surface area contributed by atoms with E-state index < -0.39 is 0 Å². The van der Waals surface area contributed by atoms with Gasteiger partial charge in [-0.05, 0) is 62.1 Å². The standard InChI is InChI=1S/C26H32O2/c1-21(2)7-6-18-26(3,19-16-22-8-12-24(27-4)13-9-22)20-17-23-10-14-25(28-5)15-11-23/h7-17,19-20H,6,18H2,1-5H3/b19-16+,20-17+. The molecule has 0 aliphatic heterocycles. The van der Waals surface area contributed by atoms with Crippen molar-refractivity contribution >= 4 is 12.2 Å². The van der Waals surface area contributed by atoms with Gasteiger partial charge in [0.15, 0.2) is 0 Å². The minimum atomic E-state index is -0.0359. The second-order valence-corrected chi connectivity index (χ2v) is 7.54. The summed E-state index contributed by atoms with van der Waals surface area (Å²) in [6.07, 6.45) is 13.4. The molecule has 148 valence electrons. The van der Waals surface area contributed by atoms with Crippen molar-refractivity contribution in [3.63, 3.8) is 0 Å². The molecule has 0 aliphatic rings. The number of ether oxygens (including phenoxy) is 2. The van der Waals surface area contributed by atoms with Gasteiger partial charge in [-0.1, -0.05) is 67.1 Å². The smallest absolute Gasteiger partial charge is 0.118 e. The molecule has 0 unspecified atom stereocenters. The van der Waals surface area contributed by atoms with Gasteiger partial charge in [-0.2, -0.15) is 0 Å². The van der Waals surface area contributed by atoms with Crippen LogP contribution in [0.25, 0.3) is 12.2 Å². The fraction of sp³-hybridized carbons (Fsp3) is 0.308. The maximum atomic E-state index is 5.24. The molecule has 0 radical (unpaired) electrons. The monoisotopic (exact) mass is 376 g/mol. The Morgan fingerprint density at radius 1 is 0.786 bits per heavy atom. The Morgan fingerprint density at radius 3 is 1.57 bits per heavy atom. The highest BCUT2D eigenvalue weighted by Gasteiger charge is 2.16. The molecule has 2 rings (SSSR count). The van der Waals surface area contributed by atoms with Crippen LogP contribution in [0.3, 0.4) is 0 Å². The summed E-state index contributed by atoms with van der Waals surface area (Å²) < 4.78 is 10.5. The first-order chi connectivity index (χ1) is 13.4. The number of allylic oxidation sites excluding steroid dienone is 4. The van der Waals surface area contributed by atoms with Crippen molar-refractivity contribution in [2.45, 2.75) is 33.6 Å². The lowest BCUT2D eigenvalue weighted by Gasteiger charge is -2.21. The Labute approximate surface area is 170 Å². The molecule has 0 bridgehead atoms. The molecule has 2 nitrogen and oxygen atoms in total. The first-order valence-corrected chi connectivity index (χ1v) is 9.74. The molecule has 0 amide bonds. The first-order valence-electron chi connectivity index (χ1n) is 9.74. The zero-order valence-electron chi connectivity index (χ0n) is 17.7. The van der Waals surface area contributed by atoms with Crippen LogP contribution in [0.4, 0.5) is 0 Å². The van der Waals surface area contributed by atoms with Crippen LogP contribution >= 0.6 is 0 Å². The van der Waals surface area contributed by atoms with Crippen LogP contribution in [-0.4, -0.2) is 14.2 Å². The summed E-state index contributed by atoms with van der Waals surface area (Å²) in [5, 5.41) is 0. The second-order valence-electron chi connectivity index (χ2n) is 7.54. The van der Waals surface area contributed by atoms with Gasteiger partial charge in [0.2, 0.25) is 0 Å². The summed E-state index contributed by atoms with van der Waals surface area (Å²) in [7, 11) is 3.38. The van der Waals surface area contributed by atoms with Gasteiger partial charge < -0.3 is 9.47 Å². The van der Waals surface area contributed by atoms with E-state index in [0.717, 1.165) is 24.3 Å². The highest BCUT2D eigenvalue weighted by molar-refractivity contribution is 5.55. The molecule has 0 saturated heterocycles. The van der Waals surface area contributed by atoms with Gasteiger partial charge in [0, 0.05) is 5.41 Å². The Morgan fingerprint density at radius 2 is 1.21 bits per heavy atom. The fourth-order valence-corrected chi connectivity index (χ4v) is 2.90. The van der Waals surface area contributed by atoms with E-state index in [2.05, 4.69) is 75.4 Å². The largest absolute Gasteiger partial charge is 0.497 e. The van der Waals surface area contributed by atoms with Crippen molar-refractivity contribution in [3.8, 4) is 11.5 Å². The van der Waals surface area contributed by atoms with Crippen molar-refractivity contribution in [3.05, 3.63) is 83.5 Å². The number of benzene rings is 2. The predicted molar refractivity (Wildman–Crippen MR) is 121 cm³/mol. The molecule has 0 N–H and O–H groups in total. The SMILES string of the molecule is COc1ccc(/C=C/C(C)(/C=C/c2ccc(OC)cc2)CCC=C(C)C)cc1. The first kappa shape index (κ1) is 21.6. The van der Waals surface area contributed by atoms with Gasteiger partial charge >= 0.3 is 0 Å². The fourth-order valence-electron chi connectivity index (χ4n) is 2.90. The molecule has 2 aromatic rings. The van der Waals surface area contributed by atoms with Gasteiger partial charge in [-0.3, -0.25) is 0 Å².